The SMILES string of the molecule is CCC(CC)C(=O)c1ccc2nc(Br)sc2c1. The van der Waals surface area contributed by atoms with Gasteiger partial charge in [0.15, 0.2) is 9.70 Å². The molecule has 0 aliphatic rings. The van der Waals surface area contributed by atoms with Crippen LogP contribution >= 0.6 is 27.3 Å². The fraction of sp³-hybridized carbons (Fsp3) is 0.385. The highest BCUT2D eigenvalue weighted by molar-refractivity contribution is 9.11. The fourth-order valence-corrected chi connectivity index (χ4v) is 3.39. The molecule has 0 N–H and O–H groups in total. The molecule has 0 aliphatic heterocycles. The van der Waals surface area contributed by atoms with Gasteiger partial charge in [0, 0.05) is 11.5 Å². The molecule has 1 aromatic heterocycles. The summed E-state index contributed by atoms with van der Waals surface area (Å²) in [5.74, 6) is 0.394. The van der Waals surface area contributed by atoms with Crippen LogP contribution in [0.3, 0.4) is 0 Å². The molecule has 0 amide bonds. The number of rotatable bonds is 4. The highest BCUT2D eigenvalue weighted by Gasteiger charge is 2.17. The second-order valence-corrected chi connectivity index (χ2v) is 6.33. The number of aromatic nitrogens is 1. The van der Waals surface area contributed by atoms with Gasteiger partial charge in [-0.3, -0.25) is 4.79 Å². The van der Waals surface area contributed by atoms with E-state index in [9.17, 15) is 4.79 Å². The van der Waals surface area contributed by atoms with Crippen molar-refractivity contribution in [1.29, 1.82) is 0 Å². The number of benzene rings is 1. The normalized spacial score (nSPS) is 11.3. The molecule has 2 nitrogen and oxygen atoms in total. The number of carbonyl (C=O) groups is 1. The van der Waals surface area contributed by atoms with Crippen LogP contribution in [0.2, 0.25) is 0 Å². The van der Waals surface area contributed by atoms with Gasteiger partial charge in [0.05, 0.1) is 10.2 Å². The van der Waals surface area contributed by atoms with E-state index in [1.807, 2.05) is 18.2 Å². The van der Waals surface area contributed by atoms with Gasteiger partial charge in [-0.1, -0.05) is 13.8 Å². The first kappa shape index (κ1) is 12.7. The summed E-state index contributed by atoms with van der Waals surface area (Å²) >= 11 is 4.93. The fourth-order valence-electron chi connectivity index (χ4n) is 1.94. The van der Waals surface area contributed by atoms with Crippen molar-refractivity contribution in [2.45, 2.75) is 26.7 Å². The first-order valence-electron chi connectivity index (χ1n) is 5.76. The van der Waals surface area contributed by atoms with Crippen LogP contribution in [0.4, 0.5) is 0 Å². The minimum absolute atomic E-state index is 0.142. The molecule has 2 aromatic rings. The summed E-state index contributed by atoms with van der Waals surface area (Å²) in [6, 6.07) is 5.76. The minimum Gasteiger partial charge on any atom is -0.294 e. The predicted octanol–water partition coefficient (Wildman–Crippen LogP) is 4.68. The van der Waals surface area contributed by atoms with Gasteiger partial charge in [0.2, 0.25) is 0 Å². The third-order valence-corrected chi connectivity index (χ3v) is 4.47. The number of hydrogen-bond donors (Lipinski definition) is 0. The molecule has 1 aromatic carbocycles. The summed E-state index contributed by atoms with van der Waals surface area (Å²) in [5, 5.41) is 0. The minimum atomic E-state index is 0.142. The Balaban J connectivity index is 2.38. The Labute approximate surface area is 113 Å². The van der Waals surface area contributed by atoms with E-state index in [4.69, 9.17) is 0 Å². The molecule has 0 spiro atoms. The molecule has 0 radical (unpaired) electrons. The second kappa shape index (κ2) is 5.27. The lowest BCUT2D eigenvalue weighted by Crippen LogP contribution is -2.12. The van der Waals surface area contributed by atoms with Crippen LogP contribution < -0.4 is 0 Å². The lowest BCUT2D eigenvalue weighted by molar-refractivity contribution is 0.0913. The summed E-state index contributed by atoms with van der Waals surface area (Å²) in [6.07, 6.45) is 1.81. The Morgan fingerprint density at radius 3 is 2.76 bits per heavy atom. The highest BCUT2D eigenvalue weighted by atomic mass is 79.9. The largest absolute Gasteiger partial charge is 0.294 e. The number of Topliss-reactive ketones (excluding diaryl/α,β-unsaturated/α-hetero) is 1. The van der Waals surface area contributed by atoms with E-state index in [2.05, 4.69) is 34.8 Å². The van der Waals surface area contributed by atoms with E-state index >= 15 is 0 Å². The van der Waals surface area contributed by atoms with Crippen LogP contribution in [0.1, 0.15) is 37.0 Å². The van der Waals surface area contributed by atoms with Gasteiger partial charge in [0.25, 0.3) is 0 Å². The van der Waals surface area contributed by atoms with Crippen molar-refractivity contribution in [2.75, 3.05) is 0 Å². The summed E-state index contributed by atoms with van der Waals surface area (Å²) in [5.41, 5.74) is 1.75. The zero-order valence-electron chi connectivity index (χ0n) is 9.87. The predicted molar refractivity (Wildman–Crippen MR) is 75.7 cm³/mol. The first-order valence-corrected chi connectivity index (χ1v) is 7.37. The van der Waals surface area contributed by atoms with Gasteiger partial charge in [-0.15, -0.1) is 11.3 Å². The summed E-state index contributed by atoms with van der Waals surface area (Å²) in [7, 11) is 0. The number of fused-ring (bicyclic) bond motifs is 1. The summed E-state index contributed by atoms with van der Waals surface area (Å²) < 4.78 is 1.92. The second-order valence-electron chi connectivity index (χ2n) is 4.03. The van der Waals surface area contributed by atoms with Gasteiger partial charge in [-0.25, -0.2) is 4.98 Å². The number of thiazole rings is 1. The molecule has 0 aliphatic carbocycles. The maximum Gasteiger partial charge on any atom is 0.165 e. The monoisotopic (exact) mass is 311 g/mol. The smallest absolute Gasteiger partial charge is 0.165 e. The van der Waals surface area contributed by atoms with Crippen LogP contribution in [0.25, 0.3) is 10.2 Å². The van der Waals surface area contributed by atoms with Crippen molar-refractivity contribution in [1.82, 2.24) is 4.98 Å². The number of ketones is 1. The molecular formula is C13H14BrNOS. The molecule has 90 valence electrons. The third kappa shape index (κ3) is 2.58. The van der Waals surface area contributed by atoms with Crippen LogP contribution in [0.5, 0.6) is 0 Å². The van der Waals surface area contributed by atoms with Gasteiger partial charge < -0.3 is 0 Å². The van der Waals surface area contributed by atoms with E-state index in [-0.39, 0.29) is 11.7 Å². The van der Waals surface area contributed by atoms with Crippen molar-refractivity contribution < 1.29 is 4.79 Å². The molecule has 4 heteroatoms. The van der Waals surface area contributed by atoms with E-state index < -0.39 is 0 Å². The van der Waals surface area contributed by atoms with Crippen LogP contribution in [-0.4, -0.2) is 10.8 Å². The maximum absolute atomic E-state index is 12.2. The van der Waals surface area contributed by atoms with E-state index in [0.29, 0.717) is 0 Å². The molecule has 0 atom stereocenters. The van der Waals surface area contributed by atoms with E-state index in [1.54, 1.807) is 11.3 Å². The molecule has 0 saturated heterocycles. The average molecular weight is 312 g/mol. The quantitative estimate of drug-likeness (QED) is 0.767. The van der Waals surface area contributed by atoms with Gasteiger partial charge >= 0.3 is 0 Å². The Morgan fingerprint density at radius 2 is 2.12 bits per heavy atom. The topological polar surface area (TPSA) is 30.0 Å². The lowest BCUT2D eigenvalue weighted by atomic mass is 9.93. The maximum atomic E-state index is 12.2. The third-order valence-electron chi connectivity index (χ3n) is 3.00. The molecule has 2 rings (SSSR count). The molecule has 0 bridgehead atoms. The molecular weight excluding hydrogens is 298 g/mol. The number of hydrogen-bond acceptors (Lipinski definition) is 3. The lowest BCUT2D eigenvalue weighted by Gasteiger charge is -2.10. The Hall–Kier alpha value is -0.740. The molecule has 0 saturated carbocycles. The van der Waals surface area contributed by atoms with Crippen molar-refractivity contribution >= 4 is 43.3 Å². The zero-order chi connectivity index (χ0) is 12.4. The van der Waals surface area contributed by atoms with Crippen LogP contribution in [0.15, 0.2) is 22.1 Å². The van der Waals surface area contributed by atoms with Crippen molar-refractivity contribution in [3.8, 4) is 0 Å². The van der Waals surface area contributed by atoms with E-state index in [1.165, 1.54) is 0 Å². The van der Waals surface area contributed by atoms with Crippen molar-refractivity contribution in [3.63, 3.8) is 0 Å². The Kier molecular flexibility index (Phi) is 3.94. The number of nitrogens with zero attached hydrogens (tertiary/aromatic N) is 1. The van der Waals surface area contributed by atoms with Crippen LogP contribution in [-0.2, 0) is 0 Å². The first-order chi connectivity index (χ1) is 8.15. The average Bonchev–Trinajstić information content (AvgIpc) is 2.69. The molecule has 0 unspecified atom stereocenters. The van der Waals surface area contributed by atoms with Crippen molar-refractivity contribution in [3.05, 3.63) is 27.7 Å². The highest BCUT2D eigenvalue weighted by Crippen LogP contribution is 2.28. The van der Waals surface area contributed by atoms with Crippen molar-refractivity contribution in [2.24, 2.45) is 5.92 Å². The number of carbonyl (C=O) groups excluding carboxylic acids is 1. The zero-order valence-corrected chi connectivity index (χ0v) is 12.3. The summed E-state index contributed by atoms with van der Waals surface area (Å²) in [6.45, 7) is 4.13. The Morgan fingerprint density at radius 1 is 1.41 bits per heavy atom. The molecule has 0 fully saturated rings. The standard InChI is InChI=1S/C13H14BrNOS/c1-3-8(4-2)12(16)9-5-6-10-11(7-9)17-13(14)15-10/h5-8H,3-4H2,1-2H3. The Bertz CT molecular complexity index is 545. The van der Waals surface area contributed by atoms with Gasteiger partial charge in [0.1, 0.15) is 0 Å². The number of halogens is 1. The van der Waals surface area contributed by atoms with Crippen LogP contribution in [0, 0.1) is 5.92 Å². The molecule has 17 heavy (non-hydrogen) atoms. The van der Waals surface area contributed by atoms with Gasteiger partial charge in [-0.2, -0.15) is 0 Å². The van der Waals surface area contributed by atoms with Gasteiger partial charge in [-0.05, 0) is 47.0 Å². The molecule has 1 heterocycles. The van der Waals surface area contributed by atoms with E-state index in [0.717, 1.165) is 32.5 Å². The summed E-state index contributed by atoms with van der Waals surface area (Å²) in [4.78, 5) is 16.6.